The van der Waals surface area contributed by atoms with E-state index in [0.717, 1.165) is 31.4 Å². The fourth-order valence-corrected chi connectivity index (χ4v) is 1.96. The van der Waals surface area contributed by atoms with Crippen molar-refractivity contribution < 1.29 is 18.7 Å². The highest BCUT2D eigenvalue weighted by atomic mass is 19.1. The molecule has 112 valence electrons. The van der Waals surface area contributed by atoms with E-state index in [-0.39, 0.29) is 18.0 Å². The number of benzene rings is 1. The van der Waals surface area contributed by atoms with Crippen LogP contribution in [0.5, 0.6) is 0 Å². The molecular weight excluding hydrogens is 264 g/mol. The Morgan fingerprint density at radius 1 is 1.30 bits per heavy atom. The molecule has 0 bridgehead atoms. The number of halogens is 2. The number of aliphatic hydroxyl groups excluding tert-OH is 1. The van der Waals surface area contributed by atoms with Gasteiger partial charge in [0.15, 0.2) is 5.78 Å². The Morgan fingerprint density at radius 3 is 2.60 bits per heavy atom. The first-order chi connectivity index (χ1) is 9.47. The third kappa shape index (κ3) is 4.65. The minimum atomic E-state index is -0.824. The fourth-order valence-electron chi connectivity index (χ4n) is 1.96. The molecular formula is C15H21F2NO2. The minimum absolute atomic E-state index is 0.0823. The Bertz CT molecular complexity index is 451. The summed E-state index contributed by atoms with van der Waals surface area (Å²) in [6.07, 6.45) is 2.48. The molecule has 0 heterocycles. The van der Waals surface area contributed by atoms with E-state index in [4.69, 9.17) is 5.11 Å². The van der Waals surface area contributed by atoms with Gasteiger partial charge in [0.25, 0.3) is 0 Å². The third-order valence-corrected chi connectivity index (χ3v) is 3.41. The zero-order valence-corrected chi connectivity index (χ0v) is 11.9. The molecule has 0 saturated carbocycles. The maximum atomic E-state index is 13.6. The SMILES string of the molecule is CC(C(=O)c1ccc(F)cc1F)N(C)CCCCCO. The van der Waals surface area contributed by atoms with Gasteiger partial charge in [0.05, 0.1) is 11.6 Å². The van der Waals surface area contributed by atoms with Crippen molar-refractivity contribution in [3.8, 4) is 0 Å². The van der Waals surface area contributed by atoms with Gasteiger partial charge in [0, 0.05) is 12.7 Å². The van der Waals surface area contributed by atoms with Gasteiger partial charge in [0.2, 0.25) is 0 Å². The van der Waals surface area contributed by atoms with E-state index in [1.807, 2.05) is 4.90 Å². The maximum absolute atomic E-state index is 13.6. The highest BCUT2D eigenvalue weighted by Crippen LogP contribution is 2.14. The van der Waals surface area contributed by atoms with Gasteiger partial charge in [-0.2, -0.15) is 0 Å². The van der Waals surface area contributed by atoms with Crippen LogP contribution in [0.25, 0.3) is 0 Å². The number of Topliss-reactive ketones (excluding diaryl/α,β-unsaturated/α-hetero) is 1. The molecule has 0 fully saturated rings. The number of carbonyl (C=O) groups is 1. The van der Waals surface area contributed by atoms with Crippen LogP contribution >= 0.6 is 0 Å². The standard InChI is InChI=1S/C15H21F2NO2/c1-11(18(2)8-4-3-5-9-19)15(20)13-7-6-12(16)10-14(13)17/h6-7,10-11,19H,3-5,8-9H2,1-2H3. The predicted molar refractivity (Wildman–Crippen MR) is 73.7 cm³/mol. The van der Waals surface area contributed by atoms with Gasteiger partial charge >= 0.3 is 0 Å². The number of aliphatic hydroxyl groups is 1. The van der Waals surface area contributed by atoms with Gasteiger partial charge < -0.3 is 5.11 Å². The number of carbonyl (C=O) groups excluding carboxylic acids is 1. The average molecular weight is 285 g/mol. The van der Waals surface area contributed by atoms with E-state index < -0.39 is 17.7 Å². The molecule has 0 aromatic heterocycles. The van der Waals surface area contributed by atoms with Gasteiger partial charge in [-0.1, -0.05) is 0 Å². The summed E-state index contributed by atoms with van der Waals surface area (Å²) in [5, 5.41) is 8.69. The molecule has 0 radical (unpaired) electrons. The second-order valence-corrected chi connectivity index (χ2v) is 4.93. The van der Waals surface area contributed by atoms with E-state index in [2.05, 4.69) is 0 Å². The Morgan fingerprint density at radius 2 is 2.00 bits per heavy atom. The summed E-state index contributed by atoms with van der Waals surface area (Å²) in [4.78, 5) is 14.0. The molecule has 1 rings (SSSR count). The highest BCUT2D eigenvalue weighted by molar-refractivity contribution is 6.00. The van der Waals surface area contributed by atoms with Crippen LogP contribution in [0.4, 0.5) is 8.78 Å². The summed E-state index contributed by atoms with van der Waals surface area (Å²) < 4.78 is 26.4. The first-order valence-electron chi connectivity index (χ1n) is 6.77. The molecule has 1 unspecified atom stereocenters. The summed E-state index contributed by atoms with van der Waals surface area (Å²) in [7, 11) is 1.79. The minimum Gasteiger partial charge on any atom is -0.396 e. The molecule has 5 heteroatoms. The maximum Gasteiger partial charge on any atom is 0.182 e. The monoisotopic (exact) mass is 285 g/mol. The highest BCUT2D eigenvalue weighted by Gasteiger charge is 2.22. The number of hydrogen-bond donors (Lipinski definition) is 1. The van der Waals surface area contributed by atoms with E-state index >= 15 is 0 Å². The molecule has 0 aliphatic rings. The summed E-state index contributed by atoms with van der Waals surface area (Å²) >= 11 is 0. The zero-order chi connectivity index (χ0) is 15.1. The first kappa shape index (κ1) is 16.7. The van der Waals surface area contributed by atoms with E-state index in [1.165, 1.54) is 6.07 Å². The zero-order valence-electron chi connectivity index (χ0n) is 11.9. The Kier molecular flexibility index (Phi) is 6.75. The van der Waals surface area contributed by atoms with Crippen LogP contribution in [0.3, 0.4) is 0 Å². The fraction of sp³-hybridized carbons (Fsp3) is 0.533. The summed E-state index contributed by atoms with van der Waals surface area (Å²) in [6.45, 7) is 2.56. The average Bonchev–Trinajstić information content (AvgIpc) is 2.42. The molecule has 0 saturated heterocycles. The largest absolute Gasteiger partial charge is 0.396 e. The predicted octanol–water partition coefficient (Wildman–Crippen LogP) is 2.63. The Labute approximate surface area is 118 Å². The number of nitrogens with zero attached hydrogens (tertiary/aromatic N) is 1. The third-order valence-electron chi connectivity index (χ3n) is 3.41. The Balaban J connectivity index is 2.61. The lowest BCUT2D eigenvalue weighted by Crippen LogP contribution is -2.37. The molecule has 1 aromatic carbocycles. The van der Waals surface area contributed by atoms with Gasteiger partial charge in [-0.15, -0.1) is 0 Å². The molecule has 1 aromatic rings. The van der Waals surface area contributed by atoms with Crippen molar-refractivity contribution in [2.24, 2.45) is 0 Å². The van der Waals surface area contributed by atoms with Gasteiger partial charge in [-0.05, 0) is 51.9 Å². The smallest absolute Gasteiger partial charge is 0.182 e. The normalized spacial score (nSPS) is 12.7. The van der Waals surface area contributed by atoms with Crippen LogP contribution in [0, 0.1) is 11.6 Å². The van der Waals surface area contributed by atoms with Crippen molar-refractivity contribution in [1.29, 1.82) is 0 Å². The number of unbranched alkanes of at least 4 members (excludes halogenated alkanes) is 2. The van der Waals surface area contributed by atoms with Crippen molar-refractivity contribution in [3.05, 3.63) is 35.4 Å². The first-order valence-corrected chi connectivity index (χ1v) is 6.77. The molecule has 1 N–H and O–H groups in total. The second kappa shape index (κ2) is 8.07. The summed E-state index contributed by atoms with van der Waals surface area (Å²) in [5.74, 6) is -1.87. The van der Waals surface area contributed by atoms with Crippen molar-refractivity contribution in [2.45, 2.75) is 32.2 Å². The van der Waals surface area contributed by atoms with Crippen LogP contribution in [0.2, 0.25) is 0 Å². The molecule has 0 spiro atoms. The molecule has 20 heavy (non-hydrogen) atoms. The number of likely N-dealkylation sites (N-methyl/N-ethyl adjacent to an activating group) is 1. The molecule has 0 aliphatic carbocycles. The van der Waals surface area contributed by atoms with Crippen molar-refractivity contribution >= 4 is 5.78 Å². The van der Waals surface area contributed by atoms with Crippen LogP contribution < -0.4 is 0 Å². The van der Waals surface area contributed by atoms with E-state index in [0.29, 0.717) is 6.54 Å². The van der Waals surface area contributed by atoms with E-state index in [1.54, 1.807) is 14.0 Å². The van der Waals surface area contributed by atoms with Crippen LogP contribution in [0.15, 0.2) is 18.2 Å². The Hall–Kier alpha value is -1.33. The van der Waals surface area contributed by atoms with Crippen LogP contribution in [-0.2, 0) is 0 Å². The van der Waals surface area contributed by atoms with Crippen LogP contribution in [-0.4, -0.2) is 42.0 Å². The van der Waals surface area contributed by atoms with Gasteiger partial charge in [0.1, 0.15) is 11.6 Å². The lowest BCUT2D eigenvalue weighted by atomic mass is 10.0. The quantitative estimate of drug-likeness (QED) is 0.589. The lowest BCUT2D eigenvalue weighted by molar-refractivity contribution is 0.0862. The molecule has 0 aliphatic heterocycles. The van der Waals surface area contributed by atoms with Crippen molar-refractivity contribution in [2.75, 3.05) is 20.2 Å². The van der Waals surface area contributed by atoms with Crippen molar-refractivity contribution in [3.63, 3.8) is 0 Å². The van der Waals surface area contributed by atoms with Crippen molar-refractivity contribution in [1.82, 2.24) is 4.90 Å². The second-order valence-electron chi connectivity index (χ2n) is 4.93. The van der Waals surface area contributed by atoms with E-state index in [9.17, 15) is 13.6 Å². The summed E-state index contributed by atoms with van der Waals surface area (Å²) in [6, 6.07) is 2.53. The summed E-state index contributed by atoms with van der Waals surface area (Å²) in [5.41, 5.74) is -0.0823. The van der Waals surface area contributed by atoms with Gasteiger partial charge in [-0.3, -0.25) is 9.69 Å². The number of rotatable bonds is 8. The van der Waals surface area contributed by atoms with Crippen LogP contribution in [0.1, 0.15) is 36.5 Å². The molecule has 0 amide bonds. The topological polar surface area (TPSA) is 40.5 Å². The molecule has 1 atom stereocenters. The van der Waals surface area contributed by atoms with Gasteiger partial charge in [-0.25, -0.2) is 8.78 Å². The number of ketones is 1. The molecule has 3 nitrogen and oxygen atoms in total. The number of hydrogen-bond acceptors (Lipinski definition) is 3. The lowest BCUT2D eigenvalue weighted by Gasteiger charge is -2.23.